The summed E-state index contributed by atoms with van der Waals surface area (Å²) in [6, 6.07) is 26.3. The number of nitrogens with zero attached hydrogens (tertiary/aromatic N) is 2. The fourth-order valence-electron chi connectivity index (χ4n) is 4.50. The minimum absolute atomic E-state index is 0.0318. The van der Waals surface area contributed by atoms with Crippen LogP contribution in [0, 0.1) is 0 Å². The number of hydrogen-bond acceptors (Lipinski definition) is 4. The zero-order chi connectivity index (χ0) is 21.8. The van der Waals surface area contributed by atoms with Gasteiger partial charge in [0.05, 0.1) is 17.1 Å². The van der Waals surface area contributed by atoms with Crippen LogP contribution < -0.4 is 15.5 Å². The van der Waals surface area contributed by atoms with Crippen molar-refractivity contribution in [3.05, 3.63) is 95.6 Å². The molecule has 0 spiro atoms. The molecule has 5 nitrogen and oxygen atoms in total. The molecule has 2 aliphatic rings. The topological polar surface area (TPSA) is 56.7 Å². The van der Waals surface area contributed by atoms with Gasteiger partial charge in [0, 0.05) is 37.3 Å². The Morgan fingerprint density at radius 2 is 1.59 bits per heavy atom. The lowest BCUT2D eigenvalue weighted by Crippen LogP contribution is -2.44. The normalized spacial score (nSPS) is 18.4. The Morgan fingerprint density at radius 1 is 0.875 bits per heavy atom. The number of fused-ring (bicyclic) bond motifs is 1. The number of carbonyl (C=O) groups is 1. The quantitative estimate of drug-likeness (QED) is 0.653. The molecule has 3 aromatic carbocycles. The van der Waals surface area contributed by atoms with E-state index in [1.165, 1.54) is 5.56 Å². The van der Waals surface area contributed by atoms with Gasteiger partial charge < -0.3 is 15.5 Å². The summed E-state index contributed by atoms with van der Waals surface area (Å²) in [5.41, 5.74) is 6.08. The minimum Gasteiger partial charge on any atom is -0.367 e. The van der Waals surface area contributed by atoms with E-state index in [-0.39, 0.29) is 5.91 Å². The number of benzene rings is 3. The van der Waals surface area contributed by atoms with E-state index in [0.717, 1.165) is 60.8 Å². The molecule has 1 atom stereocenters. The van der Waals surface area contributed by atoms with Crippen molar-refractivity contribution in [2.45, 2.75) is 18.9 Å². The summed E-state index contributed by atoms with van der Waals surface area (Å²) in [7, 11) is 0. The number of piperazine rings is 1. The molecule has 3 aromatic rings. The molecule has 0 saturated carbocycles. The van der Waals surface area contributed by atoms with E-state index in [0.29, 0.717) is 6.42 Å². The maximum Gasteiger partial charge on any atom is 0.249 e. The number of aryl methyl sites for hydroxylation is 1. The van der Waals surface area contributed by atoms with E-state index in [4.69, 9.17) is 4.99 Å². The number of rotatable bonds is 5. The first-order valence-corrected chi connectivity index (χ1v) is 11.4. The van der Waals surface area contributed by atoms with Crippen molar-refractivity contribution in [3.63, 3.8) is 0 Å². The monoisotopic (exact) mass is 424 g/mol. The first kappa shape index (κ1) is 20.5. The summed E-state index contributed by atoms with van der Waals surface area (Å²) >= 11 is 0. The van der Waals surface area contributed by atoms with Gasteiger partial charge in [-0.25, -0.2) is 0 Å². The number of aliphatic imine (C=N–C) groups is 1. The zero-order valence-corrected chi connectivity index (χ0v) is 18.1. The van der Waals surface area contributed by atoms with Crippen LogP contribution in [0.2, 0.25) is 0 Å². The van der Waals surface area contributed by atoms with Crippen molar-refractivity contribution < 1.29 is 4.79 Å². The lowest BCUT2D eigenvalue weighted by molar-refractivity contribution is -0.117. The highest BCUT2D eigenvalue weighted by Gasteiger charge is 2.28. The lowest BCUT2D eigenvalue weighted by atomic mass is 9.99. The zero-order valence-electron chi connectivity index (χ0n) is 18.1. The molecule has 0 aromatic heterocycles. The largest absolute Gasteiger partial charge is 0.367 e. The van der Waals surface area contributed by atoms with Gasteiger partial charge in [0.2, 0.25) is 5.91 Å². The summed E-state index contributed by atoms with van der Waals surface area (Å²) < 4.78 is 0. The average molecular weight is 425 g/mol. The van der Waals surface area contributed by atoms with Crippen LogP contribution in [0.25, 0.3) is 0 Å². The second-order valence-electron chi connectivity index (χ2n) is 8.31. The fourth-order valence-corrected chi connectivity index (χ4v) is 4.50. The van der Waals surface area contributed by atoms with Crippen molar-refractivity contribution in [3.8, 4) is 0 Å². The predicted octanol–water partition coefficient (Wildman–Crippen LogP) is 3.89. The van der Waals surface area contributed by atoms with E-state index in [2.05, 4.69) is 58.0 Å². The Kier molecular flexibility index (Phi) is 5.99. The van der Waals surface area contributed by atoms with Gasteiger partial charge in [0.25, 0.3) is 0 Å². The maximum absolute atomic E-state index is 13.4. The Hall–Kier alpha value is -3.44. The Balaban J connectivity index is 1.54. The van der Waals surface area contributed by atoms with Gasteiger partial charge in [-0.3, -0.25) is 9.79 Å². The average Bonchev–Trinajstić information content (AvgIpc) is 3.00. The van der Waals surface area contributed by atoms with Gasteiger partial charge >= 0.3 is 0 Å². The SMILES string of the molecule is O=C1Nc2c(cccc2N2CCNCC2)C(c2ccccc2)=N[C@@H]1CCc1ccccc1. The summed E-state index contributed by atoms with van der Waals surface area (Å²) in [4.78, 5) is 20.8. The molecular weight excluding hydrogens is 396 g/mol. The van der Waals surface area contributed by atoms with Gasteiger partial charge in [-0.15, -0.1) is 0 Å². The lowest BCUT2D eigenvalue weighted by Gasteiger charge is -2.31. The first-order chi connectivity index (χ1) is 15.8. The summed E-state index contributed by atoms with van der Waals surface area (Å²) in [5, 5.41) is 6.67. The van der Waals surface area contributed by atoms with Gasteiger partial charge in [-0.05, 0) is 24.5 Å². The molecule has 5 rings (SSSR count). The molecule has 2 N–H and O–H groups in total. The Labute approximate surface area is 189 Å². The van der Waals surface area contributed by atoms with Gasteiger partial charge in [-0.2, -0.15) is 0 Å². The van der Waals surface area contributed by atoms with Crippen molar-refractivity contribution in [2.75, 3.05) is 36.4 Å². The van der Waals surface area contributed by atoms with Crippen LogP contribution in [0.15, 0.2) is 83.9 Å². The predicted molar refractivity (Wildman–Crippen MR) is 131 cm³/mol. The van der Waals surface area contributed by atoms with Gasteiger partial charge in [0.15, 0.2) is 0 Å². The third-order valence-electron chi connectivity index (χ3n) is 6.19. The van der Waals surface area contributed by atoms with E-state index in [1.807, 2.05) is 36.4 Å². The molecule has 32 heavy (non-hydrogen) atoms. The molecule has 1 saturated heterocycles. The fraction of sp³-hybridized carbons (Fsp3) is 0.259. The van der Waals surface area contributed by atoms with Crippen LogP contribution in [0.1, 0.15) is 23.1 Å². The van der Waals surface area contributed by atoms with Crippen LogP contribution in [0.3, 0.4) is 0 Å². The Morgan fingerprint density at radius 3 is 2.34 bits per heavy atom. The third-order valence-corrected chi connectivity index (χ3v) is 6.19. The number of carbonyl (C=O) groups excluding carboxylic acids is 1. The van der Waals surface area contributed by atoms with Crippen molar-refractivity contribution >= 4 is 23.0 Å². The second-order valence-corrected chi connectivity index (χ2v) is 8.31. The van der Waals surface area contributed by atoms with Gasteiger partial charge in [-0.1, -0.05) is 72.8 Å². The van der Waals surface area contributed by atoms with E-state index < -0.39 is 6.04 Å². The van der Waals surface area contributed by atoms with Crippen molar-refractivity contribution in [1.29, 1.82) is 0 Å². The third kappa shape index (κ3) is 4.30. The van der Waals surface area contributed by atoms with Crippen molar-refractivity contribution in [2.24, 2.45) is 4.99 Å². The van der Waals surface area contributed by atoms with Gasteiger partial charge in [0.1, 0.15) is 6.04 Å². The molecule has 0 unspecified atom stereocenters. The first-order valence-electron chi connectivity index (χ1n) is 11.4. The molecule has 2 heterocycles. The molecule has 0 radical (unpaired) electrons. The second kappa shape index (κ2) is 9.37. The van der Waals surface area contributed by atoms with Crippen LogP contribution in [0.5, 0.6) is 0 Å². The molecule has 162 valence electrons. The van der Waals surface area contributed by atoms with E-state index in [1.54, 1.807) is 0 Å². The molecular formula is C27H28N4O. The molecule has 5 heteroatoms. The molecule has 0 aliphatic carbocycles. The number of hydrogen-bond donors (Lipinski definition) is 2. The Bertz CT molecular complexity index is 1110. The number of anilines is 2. The van der Waals surface area contributed by atoms with Crippen LogP contribution in [-0.2, 0) is 11.2 Å². The maximum atomic E-state index is 13.4. The van der Waals surface area contributed by atoms with Crippen molar-refractivity contribution in [1.82, 2.24) is 5.32 Å². The summed E-state index contributed by atoms with van der Waals surface area (Å²) in [6.45, 7) is 3.72. The van der Waals surface area contributed by atoms with Crippen LogP contribution in [0.4, 0.5) is 11.4 Å². The molecule has 1 fully saturated rings. The highest BCUT2D eigenvalue weighted by molar-refractivity contribution is 6.21. The number of nitrogens with one attached hydrogen (secondary N) is 2. The molecule has 2 aliphatic heterocycles. The van der Waals surface area contributed by atoms with E-state index in [9.17, 15) is 4.79 Å². The van der Waals surface area contributed by atoms with E-state index >= 15 is 0 Å². The molecule has 1 amide bonds. The van der Waals surface area contributed by atoms with Crippen LogP contribution >= 0.6 is 0 Å². The summed E-state index contributed by atoms with van der Waals surface area (Å²) in [5.74, 6) is -0.0318. The minimum atomic E-state index is -0.436. The summed E-state index contributed by atoms with van der Waals surface area (Å²) in [6.07, 6.45) is 1.48. The smallest absolute Gasteiger partial charge is 0.249 e. The highest BCUT2D eigenvalue weighted by atomic mass is 16.2. The standard InChI is InChI=1S/C27H28N4O/c32-27-23(15-14-20-8-3-1-4-9-20)29-25(21-10-5-2-6-11-21)22-12-7-13-24(26(22)30-27)31-18-16-28-17-19-31/h1-13,23,28H,14-19H2,(H,30,32)/t23-/m1/s1. The number of benzodiazepines with no additional fused rings is 1. The van der Waals surface area contributed by atoms with Crippen LogP contribution in [-0.4, -0.2) is 43.8 Å². The number of amides is 1. The highest BCUT2D eigenvalue weighted by Crippen LogP contribution is 2.34. The molecule has 0 bridgehead atoms. The number of para-hydroxylation sites is 1.